The van der Waals surface area contributed by atoms with Gasteiger partial charge in [0.1, 0.15) is 11.6 Å². The summed E-state index contributed by atoms with van der Waals surface area (Å²) in [6, 6.07) is 2.71. The van der Waals surface area contributed by atoms with E-state index < -0.39 is 17.5 Å². The molecule has 0 saturated heterocycles. The number of nitrogens with one attached hydrogen (secondary N) is 1. The number of nitrogens with two attached hydrogens (primary N) is 1. The van der Waals surface area contributed by atoms with Gasteiger partial charge in [0.05, 0.1) is 5.56 Å². The van der Waals surface area contributed by atoms with Gasteiger partial charge in [-0.25, -0.2) is 8.78 Å². The van der Waals surface area contributed by atoms with Crippen molar-refractivity contribution < 1.29 is 13.6 Å². The lowest BCUT2D eigenvalue weighted by atomic mass is 10.2. The maximum Gasteiger partial charge on any atom is 0.254 e. The van der Waals surface area contributed by atoms with E-state index in [4.69, 9.17) is 5.73 Å². The molecule has 3 N–H and O–H groups in total. The number of rotatable bonds is 3. The van der Waals surface area contributed by atoms with E-state index >= 15 is 0 Å². The molecule has 0 aliphatic heterocycles. The van der Waals surface area contributed by atoms with E-state index in [2.05, 4.69) is 5.32 Å². The van der Waals surface area contributed by atoms with Crippen LogP contribution in [0.25, 0.3) is 0 Å². The average Bonchev–Trinajstić information content (AvgIpc) is 2.18. The fourth-order valence-electron chi connectivity index (χ4n) is 0.952. The van der Waals surface area contributed by atoms with E-state index in [9.17, 15) is 13.6 Å². The van der Waals surface area contributed by atoms with Gasteiger partial charge < -0.3 is 11.1 Å². The van der Waals surface area contributed by atoms with Crippen LogP contribution >= 0.6 is 0 Å². The number of amides is 1. The summed E-state index contributed by atoms with van der Waals surface area (Å²) < 4.78 is 25.6. The van der Waals surface area contributed by atoms with Crippen molar-refractivity contribution in [2.75, 3.05) is 13.1 Å². The molecule has 1 rings (SSSR count). The Hall–Kier alpha value is -1.49. The summed E-state index contributed by atoms with van der Waals surface area (Å²) in [6.07, 6.45) is 0. The molecular formula is C9H10F2N2O. The number of hydrogen-bond donors (Lipinski definition) is 2. The van der Waals surface area contributed by atoms with E-state index in [1.807, 2.05) is 0 Å². The molecule has 0 aliphatic rings. The molecule has 0 heterocycles. The first kappa shape index (κ1) is 10.6. The minimum atomic E-state index is -0.749. The Labute approximate surface area is 79.9 Å². The molecule has 3 nitrogen and oxygen atoms in total. The van der Waals surface area contributed by atoms with Gasteiger partial charge in [-0.2, -0.15) is 0 Å². The lowest BCUT2D eigenvalue weighted by Crippen LogP contribution is -2.29. The largest absolute Gasteiger partial charge is 0.351 e. The van der Waals surface area contributed by atoms with Crippen LogP contribution < -0.4 is 11.1 Å². The first-order chi connectivity index (χ1) is 6.65. The highest BCUT2D eigenvalue weighted by Gasteiger charge is 2.11. The quantitative estimate of drug-likeness (QED) is 0.752. The summed E-state index contributed by atoms with van der Waals surface area (Å²) in [6.45, 7) is 0.484. The standard InChI is InChI=1S/C9H10F2N2O/c10-6-1-2-8(11)7(5-6)9(14)13-4-3-12/h1-2,5H,3-4,12H2,(H,13,14). The smallest absolute Gasteiger partial charge is 0.254 e. The van der Waals surface area contributed by atoms with Crippen LogP contribution in [-0.4, -0.2) is 19.0 Å². The van der Waals surface area contributed by atoms with Gasteiger partial charge in [-0.15, -0.1) is 0 Å². The predicted octanol–water partition coefficient (Wildman–Crippen LogP) is 0.653. The van der Waals surface area contributed by atoms with Crippen LogP contribution in [0.3, 0.4) is 0 Å². The van der Waals surface area contributed by atoms with Crippen molar-refractivity contribution in [1.82, 2.24) is 5.32 Å². The fraction of sp³-hybridized carbons (Fsp3) is 0.222. The summed E-state index contributed by atoms with van der Waals surface area (Å²) >= 11 is 0. The Kier molecular flexibility index (Phi) is 3.53. The zero-order chi connectivity index (χ0) is 10.6. The monoisotopic (exact) mass is 200 g/mol. The molecule has 5 heteroatoms. The highest BCUT2D eigenvalue weighted by atomic mass is 19.1. The molecule has 0 spiro atoms. The first-order valence-electron chi connectivity index (χ1n) is 4.08. The fourth-order valence-corrected chi connectivity index (χ4v) is 0.952. The van der Waals surface area contributed by atoms with Crippen LogP contribution in [0.4, 0.5) is 8.78 Å². The maximum absolute atomic E-state index is 13.0. The molecule has 0 unspecified atom stereocenters. The highest BCUT2D eigenvalue weighted by molar-refractivity contribution is 5.94. The number of carbonyl (C=O) groups excluding carboxylic acids is 1. The maximum atomic E-state index is 13.0. The zero-order valence-corrected chi connectivity index (χ0v) is 7.39. The van der Waals surface area contributed by atoms with Gasteiger partial charge in [0.2, 0.25) is 0 Å². The summed E-state index contributed by atoms with van der Waals surface area (Å²) in [5.74, 6) is -2.06. The van der Waals surface area contributed by atoms with Crippen molar-refractivity contribution in [2.24, 2.45) is 5.73 Å². The Balaban J connectivity index is 2.83. The van der Waals surface area contributed by atoms with Crippen LogP contribution in [0.2, 0.25) is 0 Å². The van der Waals surface area contributed by atoms with E-state index in [1.165, 1.54) is 0 Å². The topological polar surface area (TPSA) is 55.1 Å². The predicted molar refractivity (Wildman–Crippen MR) is 47.7 cm³/mol. The molecule has 0 saturated carbocycles. The van der Waals surface area contributed by atoms with Crippen molar-refractivity contribution in [3.05, 3.63) is 35.4 Å². The van der Waals surface area contributed by atoms with Crippen LogP contribution in [0.1, 0.15) is 10.4 Å². The van der Waals surface area contributed by atoms with E-state index in [0.29, 0.717) is 0 Å². The van der Waals surface area contributed by atoms with Gasteiger partial charge in [0.15, 0.2) is 0 Å². The average molecular weight is 200 g/mol. The minimum Gasteiger partial charge on any atom is -0.351 e. The van der Waals surface area contributed by atoms with Crippen LogP contribution in [-0.2, 0) is 0 Å². The summed E-state index contributed by atoms with van der Waals surface area (Å²) in [5.41, 5.74) is 4.83. The third-order valence-corrected chi connectivity index (χ3v) is 1.60. The summed E-state index contributed by atoms with van der Waals surface area (Å²) in [7, 11) is 0. The van der Waals surface area contributed by atoms with E-state index in [-0.39, 0.29) is 18.7 Å². The highest BCUT2D eigenvalue weighted by Crippen LogP contribution is 2.08. The molecule has 0 aromatic heterocycles. The van der Waals surface area contributed by atoms with Crippen LogP contribution in [0, 0.1) is 11.6 Å². The molecule has 76 valence electrons. The van der Waals surface area contributed by atoms with Crippen molar-refractivity contribution in [3.63, 3.8) is 0 Å². The second kappa shape index (κ2) is 4.66. The number of hydrogen-bond acceptors (Lipinski definition) is 2. The first-order valence-corrected chi connectivity index (χ1v) is 4.08. The van der Waals surface area contributed by atoms with Gasteiger partial charge in [-0.05, 0) is 18.2 Å². The second-order valence-electron chi connectivity index (χ2n) is 2.67. The van der Waals surface area contributed by atoms with Gasteiger partial charge in [-0.3, -0.25) is 4.79 Å². The van der Waals surface area contributed by atoms with E-state index in [0.717, 1.165) is 18.2 Å². The molecule has 1 amide bonds. The Morgan fingerprint density at radius 1 is 1.43 bits per heavy atom. The lowest BCUT2D eigenvalue weighted by molar-refractivity contribution is 0.0950. The molecule has 0 bridgehead atoms. The molecule has 0 radical (unpaired) electrons. The van der Waals surface area contributed by atoms with Crippen molar-refractivity contribution in [2.45, 2.75) is 0 Å². The lowest BCUT2D eigenvalue weighted by Gasteiger charge is -2.04. The molecule has 0 atom stereocenters. The van der Waals surface area contributed by atoms with Gasteiger partial charge >= 0.3 is 0 Å². The zero-order valence-electron chi connectivity index (χ0n) is 7.39. The second-order valence-corrected chi connectivity index (χ2v) is 2.67. The Bertz CT molecular complexity index is 342. The Morgan fingerprint density at radius 2 is 2.14 bits per heavy atom. The SMILES string of the molecule is NCCNC(=O)c1cc(F)ccc1F. The normalized spacial score (nSPS) is 9.93. The number of halogens is 2. The molecule has 1 aromatic rings. The van der Waals surface area contributed by atoms with Gasteiger partial charge in [-0.1, -0.05) is 0 Å². The third-order valence-electron chi connectivity index (χ3n) is 1.60. The molecule has 0 fully saturated rings. The summed E-state index contributed by atoms with van der Waals surface area (Å²) in [4.78, 5) is 11.2. The van der Waals surface area contributed by atoms with Crippen LogP contribution in [0.5, 0.6) is 0 Å². The van der Waals surface area contributed by atoms with Crippen molar-refractivity contribution in [3.8, 4) is 0 Å². The van der Waals surface area contributed by atoms with Crippen molar-refractivity contribution in [1.29, 1.82) is 0 Å². The van der Waals surface area contributed by atoms with Gasteiger partial charge in [0.25, 0.3) is 5.91 Å². The van der Waals surface area contributed by atoms with E-state index in [1.54, 1.807) is 0 Å². The van der Waals surface area contributed by atoms with Crippen LogP contribution in [0.15, 0.2) is 18.2 Å². The summed E-state index contributed by atoms with van der Waals surface area (Å²) in [5, 5.41) is 2.35. The molecule has 0 aliphatic carbocycles. The van der Waals surface area contributed by atoms with Gasteiger partial charge in [0, 0.05) is 13.1 Å². The molecule has 1 aromatic carbocycles. The number of carbonyl (C=O) groups is 1. The minimum absolute atomic E-state index is 0.231. The van der Waals surface area contributed by atoms with Crippen molar-refractivity contribution >= 4 is 5.91 Å². The number of benzene rings is 1. The molecule has 14 heavy (non-hydrogen) atoms. The molecular weight excluding hydrogens is 190 g/mol. The Morgan fingerprint density at radius 3 is 2.79 bits per heavy atom. The third kappa shape index (κ3) is 2.50.